The van der Waals surface area contributed by atoms with Crippen LogP contribution in [0.1, 0.15) is 37.8 Å². The van der Waals surface area contributed by atoms with Gasteiger partial charge in [-0.25, -0.2) is 0 Å². The van der Waals surface area contributed by atoms with E-state index in [0.29, 0.717) is 6.54 Å². The monoisotopic (exact) mass is 219 g/mol. The summed E-state index contributed by atoms with van der Waals surface area (Å²) in [7, 11) is 0. The Labute approximate surface area is 95.5 Å². The zero-order valence-electron chi connectivity index (χ0n) is 9.87. The van der Waals surface area contributed by atoms with Gasteiger partial charge in [0, 0.05) is 12.2 Å². The van der Waals surface area contributed by atoms with Crippen molar-refractivity contribution in [1.29, 1.82) is 0 Å². The number of carboxylic acids is 1. The van der Waals surface area contributed by atoms with Crippen LogP contribution in [0.4, 0.5) is 5.69 Å². The van der Waals surface area contributed by atoms with Crippen LogP contribution in [-0.4, -0.2) is 17.6 Å². The second kappa shape index (κ2) is 3.51. The lowest BCUT2D eigenvalue weighted by atomic mass is 9.85. The number of nitrogens with one attached hydrogen (secondary N) is 1. The third kappa shape index (κ3) is 1.77. The Hall–Kier alpha value is -1.51. The molecular weight excluding hydrogens is 202 g/mol. The summed E-state index contributed by atoms with van der Waals surface area (Å²) in [6.45, 7) is 6.89. The molecule has 0 amide bonds. The number of rotatable bonds is 1. The highest BCUT2D eigenvalue weighted by Crippen LogP contribution is 2.35. The van der Waals surface area contributed by atoms with Crippen LogP contribution in [0.2, 0.25) is 0 Å². The van der Waals surface area contributed by atoms with Crippen LogP contribution in [-0.2, 0) is 10.2 Å². The fourth-order valence-electron chi connectivity index (χ4n) is 2.02. The normalized spacial score (nSPS) is 19.1. The summed E-state index contributed by atoms with van der Waals surface area (Å²) in [6.07, 6.45) is 0. The predicted octanol–water partition coefficient (Wildman–Crippen LogP) is 2.58. The van der Waals surface area contributed by atoms with Gasteiger partial charge in [0.05, 0.1) is 0 Å². The molecule has 1 aliphatic heterocycles. The molecule has 1 aliphatic rings. The molecule has 2 N–H and O–H groups in total. The lowest BCUT2D eigenvalue weighted by Crippen LogP contribution is -2.15. The van der Waals surface area contributed by atoms with Crippen molar-refractivity contribution in [2.45, 2.75) is 32.1 Å². The van der Waals surface area contributed by atoms with Crippen LogP contribution in [0, 0.1) is 0 Å². The van der Waals surface area contributed by atoms with E-state index in [9.17, 15) is 4.79 Å². The molecule has 0 unspecified atom stereocenters. The topological polar surface area (TPSA) is 49.3 Å². The predicted molar refractivity (Wildman–Crippen MR) is 64.0 cm³/mol. The number of benzene rings is 1. The Morgan fingerprint density at radius 2 is 2.12 bits per heavy atom. The Bertz CT molecular complexity index is 432. The number of carbonyl (C=O) groups is 1. The van der Waals surface area contributed by atoms with Gasteiger partial charge in [0.15, 0.2) is 0 Å². The summed E-state index contributed by atoms with van der Waals surface area (Å²) in [5.41, 5.74) is 3.11. The van der Waals surface area contributed by atoms with Crippen molar-refractivity contribution in [2.75, 3.05) is 11.9 Å². The molecule has 2 rings (SSSR count). The lowest BCUT2D eigenvalue weighted by Gasteiger charge is -2.20. The largest absolute Gasteiger partial charge is 0.481 e. The molecule has 3 nitrogen and oxygen atoms in total. The van der Waals surface area contributed by atoms with Crippen molar-refractivity contribution >= 4 is 11.7 Å². The highest BCUT2D eigenvalue weighted by molar-refractivity contribution is 5.82. The molecule has 3 heteroatoms. The van der Waals surface area contributed by atoms with E-state index in [0.717, 1.165) is 11.3 Å². The van der Waals surface area contributed by atoms with Gasteiger partial charge in [-0.05, 0) is 22.6 Å². The third-order valence-electron chi connectivity index (χ3n) is 3.09. The summed E-state index contributed by atoms with van der Waals surface area (Å²) >= 11 is 0. The number of fused-ring (bicyclic) bond motifs is 1. The molecule has 86 valence electrons. The van der Waals surface area contributed by atoms with Gasteiger partial charge in [-0.3, -0.25) is 4.79 Å². The standard InChI is InChI=1S/C13H17NO2/c1-13(2,3)8-4-5-11-9(6-8)10(7-14-11)12(15)16/h4-6,10,14H,7H2,1-3H3,(H,15,16)/t10-/m0/s1. The molecule has 16 heavy (non-hydrogen) atoms. The third-order valence-corrected chi connectivity index (χ3v) is 3.09. The second-order valence-electron chi connectivity index (χ2n) is 5.32. The van der Waals surface area contributed by atoms with E-state index >= 15 is 0 Å². The van der Waals surface area contributed by atoms with Crippen molar-refractivity contribution in [3.05, 3.63) is 29.3 Å². The van der Waals surface area contributed by atoms with Crippen molar-refractivity contribution < 1.29 is 9.90 Å². The molecule has 0 saturated carbocycles. The van der Waals surface area contributed by atoms with Gasteiger partial charge in [0.2, 0.25) is 0 Å². The van der Waals surface area contributed by atoms with Crippen molar-refractivity contribution in [3.63, 3.8) is 0 Å². The first-order valence-corrected chi connectivity index (χ1v) is 5.50. The maximum atomic E-state index is 11.1. The van der Waals surface area contributed by atoms with E-state index < -0.39 is 11.9 Å². The first kappa shape index (κ1) is 11.0. The Balaban J connectivity index is 2.45. The fraction of sp³-hybridized carbons (Fsp3) is 0.462. The molecule has 0 spiro atoms. The van der Waals surface area contributed by atoms with E-state index in [2.05, 4.69) is 32.2 Å². The van der Waals surface area contributed by atoms with Crippen molar-refractivity contribution in [3.8, 4) is 0 Å². The number of anilines is 1. The average molecular weight is 219 g/mol. The number of aliphatic carboxylic acids is 1. The quantitative estimate of drug-likeness (QED) is 0.763. The summed E-state index contributed by atoms with van der Waals surface area (Å²) in [6, 6.07) is 6.07. The van der Waals surface area contributed by atoms with Gasteiger partial charge < -0.3 is 10.4 Å². The lowest BCUT2D eigenvalue weighted by molar-refractivity contribution is -0.138. The molecule has 0 bridgehead atoms. The van der Waals surface area contributed by atoms with Crippen molar-refractivity contribution in [1.82, 2.24) is 0 Å². The molecule has 0 radical (unpaired) electrons. The maximum absolute atomic E-state index is 11.1. The van der Waals surface area contributed by atoms with Gasteiger partial charge in [0.1, 0.15) is 5.92 Å². The molecule has 1 heterocycles. The van der Waals surface area contributed by atoms with Crippen LogP contribution in [0.25, 0.3) is 0 Å². The van der Waals surface area contributed by atoms with Crippen LogP contribution < -0.4 is 5.32 Å². The van der Waals surface area contributed by atoms with Gasteiger partial charge in [0.25, 0.3) is 0 Å². The van der Waals surface area contributed by atoms with Gasteiger partial charge in [-0.2, -0.15) is 0 Å². The summed E-state index contributed by atoms with van der Waals surface area (Å²) < 4.78 is 0. The van der Waals surface area contributed by atoms with Crippen LogP contribution in [0.3, 0.4) is 0 Å². The second-order valence-corrected chi connectivity index (χ2v) is 5.32. The first-order chi connectivity index (χ1) is 7.39. The Morgan fingerprint density at radius 3 is 2.69 bits per heavy atom. The minimum Gasteiger partial charge on any atom is -0.481 e. The van der Waals surface area contributed by atoms with Crippen LogP contribution in [0.15, 0.2) is 18.2 Å². The van der Waals surface area contributed by atoms with E-state index in [1.165, 1.54) is 5.56 Å². The molecular formula is C13H17NO2. The number of carboxylic acid groups (broad SMARTS) is 1. The van der Waals surface area contributed by atoms with Crippen molar-refractivity contribution in [2.24, 2.45) is 0 Å². The zero-order valence-corrected chi connectivity index (χ0v) is 9.87. The van der Waals surface area contributed by atoms with Gasteiger partial charge >= 0.3 is 5.97 Å². The average Bonchev–Trinajstić information content (AvgIpc) is 2.58. The smallest absolute Gasteiger partial charge is 0.312 e. The molecule has 0 aromatic heterocycles. The highest BCUT2D eigenvalue weighted by atomic mass is 16.4. The molecule has 0 aliphatic carbocycles. The first-order valence-electron chi connectivity index (χ1n) is 5.50. The van der Waals surface area contributed by atoms with E-state index in [1.54, 1.807) is 0 Å². The van der Waals surface area contributed by atoms with E-state index in [1.807, 2.05) is 12.1 Å². The van der Waals surface area contributed by atoms with Crippen LogP contribution >= 0.6 is 0 Å². The molecule has 1 atom stereocenters. The zero-order chi connectivity index (χ0) is 11.9. The number of hydrogen-bond acceptors (Lipinski definition) is 2. The van der Waals surface area contributed by atoms with Gasteiger partial charge in [-0.1, -0.05) is 32.9 Å². The van der Waals surface area contributed by atoms with Gasteiger partial charge in [-0.15, -0.1) is 0 Å². The number of hydrogen-bond donors (Lipinski definition) is 2. The maximum Gasteiger partial charge on any atom is 0.312 e. The SMILES string of the molecule is CC(C)(C)c1ccc2c(c1)[C@@H](C(=O)O)CN2. The van der Waals surface area contributed by atoms with E-state index in [4.69, 9.17) is 5.11 Å². The Kier molecular flexibility index (Phi) is 2.41. The summed E-state index contributed by atoms with van der Waals surface area (Å²) in [5.74, 6) is -1.16. The van der Waals surface area contributed by atoms with Crippen LogP contribution in [0.5, 0.6) is 0 Å². The minimum atomic E-state index is -0.752. The molecule has 0 fully saturated rings. The minimum absolute atomic E-state index is 0.0562. The fourth-order valence-corrected chi connectivity index (χ4v) is 2.02. The Morgan fingerprint density at radius 1 is 1.44 bits per heavy atom. The molecule has 0 saturated heterocycles. The molecule has 1 aromatic rings. The summed E-state index contributed by atoms with van der Waals surface area (Å²) in [5, 5.41) is 12.2. The highest BCUT2D eigenvalue weighted by Gasteiger charge is 2.29. The summed E-state index contributed by atoms with van der Waals surface area (Å²) in [4.78, 5) is 11.1. The van der Waals surface area contributed by atoms with E-state index in [-0.39, 0.29) is 5.41 Å². The molecule has 1 aromatic carbocycles.